The molecule has 1 amide bonds. The Bertz CT molecular complexity index is 1430. The number of aryl methyl sites for hydroxylation is 1. The lowest BCUT2D eigenvalue weighted by Crippen LogP contribution is -2.41. The minimum absolute atomic E-state index is 0.370. The molecule has 1 atom stereocenters. The zero-order valence-corrected chi connectivity index (χ0v) is 21.2. The fraction of sp³-hybridized carbons (Fsp3) is 0.161. The fourth-order valence-electron chi connectivity index (χ4n) is 4.19. The van der Waals surface area contributed by atoms with Gasteiger partial charge < -0.3 is 10.4 Å². The molecule has 0 aromatic heterocycles. The lowest BCUT2D eigenvalue weighted by molar-refractivity contribution is -0.139. The van der Waals surface area contributed by atoms with Gasteiger partial charge in [0.1, 0.15) is 6.04 Å². The van der Waals surface area contributed by atoms with E-state index in [2.05, 4.69) is 41.7 Å². The van der Waals surface area contributed by atoms with Crippen LogP contribution in [0, 0.1) is 6.92 Å². The summed E-state index contributed by atoms with van der Waals surface area (Å²) in [5, 5.41) is 14.7. The topological polar surface area (TPSA) is 66.4 Å². The molecule has 0 radical (unpaired) electrons. The molecule has 0 spiro atoms. The maximum atomic E-state index is 13.2. The Balaban J connectivity index is 1.68. The Morgan fingerprint density at radius 3 is 2.25 bits per heavy atom. The summed E-state index contributed by atoms with van der Waals surface area (Å²) in [6, 6.07) is 27.2. The molecule has 182 valence electrons. The average molecular weight is 496 g/mol. The number of hydrogen-bond donors (Lipinski definition) is 2. The normalized spacial score (nSPS) is 12.1. The summed E-state index contributed by atoms with van der Waals surface area (Å²) in [5.41, 5.74) is 5.27. The Morgan fingerprint density at radius 1 is 0.861 bits per heavy atom. The van der Waals surface area contributed by atoms with Crippen molar-refractivity contribution in [1.82, 2.24) is 5.32 Å². The first kappa shape index (κ1) is 25.3. The van der Waals surface area contributed by atoms with Crippen LogP contribution in [0.15, 0.2) is 84.9 Å². The summed E-state index contributed by atoms with van der Waals surface area (Å²) < 4.78 is 0. The minimum atomic E-state index is -1.02. The number of carboxylic acid groups (broad SMARTS) is 1. The fourth-order valence-corrected chi connectivity index (χ4v) is 4.67. The first-order valence-corrected chi connectivity index (χ1v) is 13.2. The summed E-state index contributed by atoms with van der Waals surface area (Å²) in [7, 11) is 0. The monoisotopic (exact) mass is 495 g/mol. The highest BCUT2D eigenvalue weighted by atomic mass is 32.2. The molecule has 2 N–H and O–H groups in total. The number of nitrogens with one attached hydrogen (secondary N) is 1. The van der Waals surface area contributed by atoms with Gasteiger partial charge in [0.25, 0.3) is 5.91 Å². The highest BCUT2D eigenvalue weighted by molar-refractivity contribution is 7.98. The summed E-state index contributed by atoms with van der Waals surface area (Å²) in [5.74, 6) is -0.753. The number of benzene rings is 4. The van der Waals surface area contributed by atoms with Crippen LogP contribution in [-0.2, 0) is 4.79 Å². The van der Waals surface area contributed by atoms with Crippen LogP contribution in [0.3, 0.4) is 0 Å². The number of carbonyl (C=O) groups excluding carboxylic acids is 1. The van der Waals surface area contributed by atoms with Crippen LogP contribution in [0.1, 0.15) is 33.5 Å². The highest BCUT2D eigenvalue weighted by Crippen LogP contribution is 2.29. The Hall–Kier alpha value is -3.83. The molecular weight excluding hydrogens is 466 g/mol. The van der Waals surface area contributed by atoms with Gasteiger partial charge in [0.15, 0.2) is 0 Å². The minimum Gasteiger partial charge on any atom is -0.480 e. The quantitative estimate of drug-likeness (QED) is 0.247. The number of carbonyl (C=O) groups is 2. The molecule has 4 nitrogen and oxygen atoms in total. The molecule has 4 aromatic rings. The van der Waals surface area contributed by atoms with Gasteiger partial charge in [-0.25, -0.2) is 4.79 Å². The Morgan fingerprint density at radius 2 is 1.53 bits per heavy atom. The maximum absolute atomic E-state index is 13.2. The number of hydrogen-bond acceptors (Lipinski definition) is 3. The van der Waals surface area contributed by atoms with Crippen molar-refractivity contribution in [3.63, 3.8) is 0 Å². The van der Waals surface area contributed by atoms with Crippen LogP contribution < -0.4 is 5.32 Å². The van der Waals surface area contributed by atoms with E-state index in [4.69, 9.17) is 0 Å². The predicted molar refractivity (Wildman–Crippen MR) is 151 cm³/mol. The number of amides is 1. The van der Waals surface area contributed by atoms with Crippen molar-refractivity contribution in [3.8, 4) is 11.1 Å². The van der Waals surface area contributed by atoms with Crippen LogP contribution in [0.2, 0.25) is 0 Å². The molecule has 0 fully saturated rings. The lowest BCUT2D eigenvalue weighted by atomic mass is 9.93. The number of thioether (sulfide) groups is 1. The summed E-state index contributed by atoms with van der Waals surface area (Å²) >= 11 is 1.56. The Kier molecular flexibility index (Phi) is 8.24. The molecule has 0 heterocycles. The molecule has 0 saturated carbocycles. The number of fused-ring (bicyclic) bond motifs is 1. The van der Waals surface area contributed by atoms with Gasteiger partial charge in [0.2, 0.25) is 0 Å². The van der Waals surface area contributed by atoms with Crippen LogP contribution in [-0.4, -0.2) is 35.0 Å². The highest BCUT2D eigenvalue weighted by Gasteiger charge is 2.22. The maximum Gasteiger partial charge on any atom is 0.326 e. The number of carboxylic acids is 1. The number of aliphatic carboxylic acids is 1. The zero-order valence-electron chi connectivity index (χ0n) is 20.4. The van der Waals surface area contributed by atoms with E-state index in [0.29, 0.717) is 17.7 Å². The van der Waals surface area contributed by atoms with Gasteiger partial charge in [-0.3, -0.25) is 4.79 Å². The lowest BCUT2D eigenvalue weighted by Gasteiger charge is -2.17. The average Bonchev–Trinajstić information content (AvgIpc) is 2.89. The Labute approximate surface area is 216 Å². The molecule has 4 rings (SSSR count). The standard InChI is InChI=1S/C31H29NO3S/c1-21-7-3-6-10-26(21)28-20-23(12-11-22-13-15-24-8-4-5-9-25(24)19-22)14-16-27(28)30(33)32-29(31(34)35)17-18-36-2/h3-16,19-20,29H,17-18H2,1-2H3,(H,32,33)(H,34,35)/b12-11+/t29-/m0/s1. The van der Waals surface area contributed by atoms with Crippen LogP contribution >= 0.6 is 11.8 Å². The molecule has 0 unspecified atom stereocenters. The van der Waals surface area contributed by atoms with E-state index in [1.54, 1.807) is 17.8 Å². The van der Waals surface area contributed by atoms with Crippen molar-refractivity contribution in [2.24, 2.45) is 0 Å². The van der Waals surface area contributed by atoms with Crippen LogP contribution in [0.25, 0.3) is 34.1 Å². The molecule has 4 aromatic carbocycles. The second-order valence-electron chi connectivity index (χ2n) is 8.71. The first-order valence-electron chi connectivity index (χ1n) is 11.9. The summed E-state index contributed by atoms with van der Waals surface area (Å²) in [6.07, 6.45) is 6.38. The van der Waals surface area contributed by atoms with Crippen molar-refractivity contribution in [2.75, 3.05) is 12.0 Å². The number of rotatable bonds is 9. The van der Waals surface area contributed by atoms with Crippen molar-refractivity contribution in [1.29, 1.82) is 0 Å². The molecule has 0 aliphatic heterocycles. The smallest absolute Gasteiger partial charge is 0.326 e. The van der Waals surface area contributed by atoms with Crippen molar-refractivity contribution < 1.29 is 14.7 Å². The summed E-state index contributed by atoms with van der Waals surface area (Å²) in [6.45, 7) is 2.01. The third-order valence-electron chi connectivity index (χ3n) is 6.18. The van der Waals surface area contributed by atoms with E-state index in [9.17, 15) is 14.7 Å². The van der Waals surface area contributed by atoms with Gasteiger partial charge in [-0.05, 0) is 82.1 Å². The van der Waals surface area contributed by atoms with E-state index in [-0.39, 0.29) is 5.91 Å². The molecular formula is C31H29NO3S. The molecule has 0 aliphatic carbocycles. The van der Waals surface area contributed by atoms with E-state index in [1.807, 2.05) is 67.8 Å². The molecule has 5 heteroatoms. The van der Waals surface area contributed by atoms with E-state index in [1.165, 1.54) is 10.8 Å². The van der Waals surface area contributed by atoms with E-state index < -0.39 is 12.0 Å². The van der Waals surface area contributed by atoms with Gasteiger partial charge >= 0.3 is 5.97 Å². The second-order valence-corrected chi connectivity index (χ2v) is 9.69. The largest absolute Gasteiger partial charge is 0.480 e. The predicted octanol–water partition coefficient (Wildman–Crippen LogP) is 6.92. The van der Waals surface area contributed by atoms with Crippen molar-refractivity contribution in [2.45, 2.75) is 19.4 Å². The summed E-state index contributed by atoms with van der Waals surface area (Å²) in [4.78, 5) is 24.9. The van der Waals surface area contributed by atoms with E-state index in [0.717, 1.165) is 27.8 Å². The first-order chi connectivity index (χ1) is 17.5. The van der Waals surface area contributed by atoms with Crippen LogP contribution in [0.4, 0.5) is 0 Å². The van der Waals surface area contributed by atoms with Gasteiger partial charge in [-0.1, -0.05) is 78.9 Å². The van der Waals surface area contributed by atoms with Gasteiger partial charge in [-0.2, -0.15) is 11.8 Å². The molecule has 0 saturated heterocycles. The van der Waals surface area contributed by atoms with Gasteiger partial charge in [-0.15, -0.1) is 0 Å². The molecule has 0 aliphatic rings. The van der Waals surface area contributed by atoms with Gasteiger partial charge in [0.05, 0.1) is 0 Å². The van der Waals surface area contributed by atoms with Crippen LogP contribution in [0.5, 0.6) is 0 Å². The van der Waals surface area contributed by atoms with Gasteiger partial charge in [0, 0.05) is 5.56 Å². The molecule has 0 bridgehead atoms. The third-order valence-corrected chi connectivity index (χ3v) is 6.82. The van der Waals surface area contributed by atoms with E-state index >= 15 is 0 Å². The molecule has 36 heavy (non-hydrogen) atoms. The third kappa shape index (κ3) is 6.04. The van der Waals surface area contributed by atoms with Crippen molar-refractivity contribution in [3.05, 3.63) is 107 Å². The van der Waals surface area contributed by atoms with Crippen molar-refractivity contribution >= 4 is 46.6 Å². The zero-order chi connectivity index (χ0) is 25.5. The SMILES string of the molecule is CSCC[C@H](NC(=O)c1ccc(/C=C/c2ccc3ccccc3c2)cc1-c1ccccc1C)C(=O)O. The second kappa shape index (κ2) is 11.7.